The highest BCUT2D eigenvalue weighted by atomic mass is 16.5. The predicted molar refractivity (Wildman–Crippen MR) is 114 cm³/mol. The van der Waals surface area contributed by atoms with E-state index in [1.807, 2.05) is 36.4 Å². The summed E-state index contributed by atoms with van der Waals surface area (Å²) in [6, 6.07) is 14.0. The number of aliphatic hydroxyl groups excluding tert-OH is 1. The third kappa shape index (κ3) is 2.89. The lowest BCUT2D eigenvalue weighted by Crippen LogP contribution is -2.54. The van der Waals surface area contributed by atoms with E-state index in [2.05, 4.69) is 13.0 Å². The van der Waals surface area contributed by atoms with Crippen molar-refractivity contribution in [1.29, 1.82) is 0 Å². The predicted octanol–water partition coefficient (Wildman–Crippen LogP) is 5.50. The molecule has 3 nitrogen and oxygen atoms in total. The molecule has 4 aliphatic carbocycles. The second-order valence-electron chi connectivity index (χ2n) is 9.70. The van der Waals surface area contributed by atoms with Crippen LogP contribution >= 0.6 is 0 Å². The molecule has 0 aliphatic heterocycles. The van der Waals surface area contributed by atoms with E-state index >= 15 is 0 Å². The SMILES string of the molecule is COc1cc(C(O)c2ccccc2)cc(C2(C)C3CC4CC(C3)CC2C4)c1OC. The second-order valence-corrected chi connectivity index (χ2v) is 9.70. The second kappa shape index (κ2) is 7.05. The quantitative estimate of drug-likeness (QED) is 0.730. The van der Waals surface area contributed by atoms with Crippen molar-refractivity contribution in [2.45, 2.75) is 50.5 Å². The summed E-state index contributed by atoms with van der Waals surface area (Å²) < 4.78 is 11.7. The van der Waals surface area contributed by atoms with Gasteiger partial charge in [-0.05, 0) is 79.0 Å². The topological polar surface area (TPSA) is 38.7 Å². The van der Waals surface area contributed by atoms with Gasteiger partial charge in [0.15, 0.2) is 11.5 Å². The van der Waals surface area contributed by atoms with E-state index < -0.39 is 6.10 Å². The van der Waals surface area contributed by atoms with E-state index in [0.717, 1.165) is 34.5 Å². The average molecular weight is 393 g/mol. The molecule has 4 saturated carbocycles. The van der Waals surface area contributed by atoms with Gasteiger partial charge in [0.25, 0.3) is 0 Å². The van der Waals surface area contributed by atoms with Crippen molar-refractivity contribution in [2.75, 3.05) is 14.2 Å². The van der Waals surface area contributed by atoms with E-state index in [1.165, 1.54) is 37.7 Å². The molecule has 154 valence electrons. The van der Waals surface area contributed by atoms with Crippen LogP contribution in [0.15, 0.2) is 42.5 Å². The molecule has 6 rings (SSSR count). The molecule has 4 fully saturated rings. The maximum Gasteiger partial charge on any atom is 0.164 e. The number of benzene rings is 2. The van der Waals surface area contributed by atoms with Crippen molar-refractivity contribution in [3.05, 3.63) is 59.2 Å². The Bertz CT molecular complexity index is 860. The molecule has 0 heterocycles. The van der Waals surface area contributed by atoms with Gasteiger partial charge in [-0.1, -0.05) is 37.3 Å². The summed E-state index contributed by atoms with van der Waals surface area (Å²) in [6.07, 6.45) is 6.10. The summed E-state index contributed by atoms with van der Waals surface area (Å²) >= 11 is 0. The molecule has 4 aliphatic rings. The van der Waals surface area contributed by atoms with Crippen LogP contribution < -0.4 is 9.47 Å². The Morgan fingerprint density at radius 3 is 2.03 bits per heavy atom. The Morgan fingerprint density at radius 2 is 1.48 bits per heavy atom. The van der Waals surface area contributed by atoms with E-state index in [4.69, 9.17) is 9.47 Å². The lowest BCUT2D eigenvalue weighted by Gasteiger charge is -2.60. The molecule has 4 bridgehead atoms. The van der Waals surface area contributed by atoms with Gasteiger partial charge < -0.3 is 14.6 Å². The van der Waals surface area contributed by atoms with Crippen LogP contribution in [0.2, 0.25) is 0 Å². The number of aliphatic hydroxyl groups is 1. The highest BCUT2D eigenvalue weighted by Crippen LogP contribution is 2.64. The van der Waals surface area contributed by atoms with Crippen LogP contribution in [0.1, 0.15) is 61.8 Å². The maximum atomic E-state index is 11.1. The Balaban J connectivity index is 1.64. The van der Waals surface area contributed by atoms with Crippen LogP contribution in [0, 0.1) is 23.7 Å². The average Bonchev–Trinajstić information content (AvgIpc) is 2.75. The lowest BCUT2D eigenvalue weighted by molar-refractivity contribution is -0.0532. The zero-order valence-corrected chi connectivity index (χ0v) is 17.7. The number of hydrogen-bond acceptors (Lipinski definition) is 3. The van der Waals surface area contributed by atoms with E-state index in [1.54, 1.807) is 14.2 Å². The first-order chi connectivity index (χ1) is 14.0. The van der Waals surface area contributed by atoms with Gasteiger partial charge in [0.05, 0.1) is 14.2 Å². The summed E-state index contributed by atoms with van der Waals surface area (Å²) in [7, 11) is 3.44. The largest absolute Gasteiger partial charge is 0.493 e. The maximum absolute atomic E-state index is 11.1. The Kier molecular flexibility index (Phi) is 4.62. The first-order valence-corrected chi connectivity index (χ1v) is 11.0. The van der Waals surface area contributed by atoms with Crippen molar-refractivity contribution in [1.82, 2.24) is 0 Å². The number of rotatable bonds is 5. The van der Waals surface area contributed by atoms with Gasteiger partial charge in [0, 0.05) is 11.0 Å². The summed E-state index contributed by atoms with van der Waals surface area (Å²) in [4.78, 5) is 0. The molecule has 0 radical (unpaired) electrons. The van der Waals surface area contributed by atoms with Crippen LogP contribution in [0.4, 0.5) is 0 Å². The van der Waals surface area contributed by atoms with E-state index in [0.29, 0.717) is 11.8 Å². The molecule has 0 amide bonds. The molecule has 1 unspecified atom stereocenters. The smallest absolute Gasteiger partial charge is 0.164 e. The molecule has 0 saturated heterocycles. The van der Waals surface area contributed by atoms with Crippen molar-refractivity contribution in [3.63, 3.8) is 0 Å². The minimum absolute atomic E-state index is 0.0818. The van der Waals surface area contributed by atoms with Gasteiger partial charge in [-0.15, -0.1) is 0 Å². The fraction of sp³-hybridized carbons (Fsp3) is 0.538. The molecule has 3 heteroatoms. The minimum atomic E-state index is -0.671. The molecule has 29 heavy (non-hydrogen) atoms. The van der Waals surface area contributed by atoms with Crippen LogP contribution in [0.25, 0.3) is 0 Å². The van der Waals surface area contributed by atoms with Crippen molar-refractivity contribution >= 4 is 0 Å². The van der Waals surface area contributed by atoms with E-state index in [9.17, 15) is 5.11 Å². The lowest BCUT2D eigenvalue weighted by atomic mass is 9.44. The molecule has 1 atom stereocenters. The normalized spacial score (nSPS) is 33.5. The van der Waals surface area contributed by atoms with Crippen molar-refractivity contribution < 1.29 is 14.6 Å². The Hall–Kier alpha value is -2.00. The van der Waals surface area contributed by atoms with Crippen LogP contribution in [0.5, 0.6) is 11.5 Å². The Labute approximate surface area is 174 Å². The summed E-state index contributed by atoms with van der Waals surface area (Å²) in [5, 5.41) is 11.1. The zero-order valence-electron chi connectivity index (χ0n) is 17.7. The molecule has 0 aromatic heterocycles. The Morgan fingerprint density at radius 1 is 0.862 bits per heavy atom. The minimum Gasteiger partial charge on any atom is -0.493 e. The highest BCUT2D eigenvalue weighted by molar-refractivity contribution is 5.55. The third-order valence-corrected chi connectivity index (χ3v) is 8.35. The van der Waals surface area contributed by atoms with Crippen LogP contribution in [0.3, 0.4) is 0 Å². The third-order valence-electron chi connectivity index (χ3n) is 8.35. The van der Waals surface area contributed by atoms with E-state index in [-0.39, 0.29) is 5.41 Å². The fourth-order valence-corrected chi connectivity index (χ4v) is 6.97. The number of methoxy groups -OCH3 is 2. The van der Waals surface area contributed by atoms with Crippen molar-refractivity contribution in [2.24, 2.45) is 23.7 Å². The molecule has 0 spiro atoms. The summed E-state index contributed by atoms with van der Waals surface area (Å²) in [5.41, 5.74) is 3.11. The molecule has 2 aromatic rings. The standard InChI is InChI=1S/C26H32O3/c1-26(20-10-16-9-17(12-20)13-21(26)11-16)22-14-19(15-23(28-2)25(22)29-3)24(27)18-7-5-4-6-8-18/h4-8,14-17,20-21,24,27H,9-13H2,1-3H3. The number of hydrogen-bond donors (Lipinski definition) is 1. The van der Waals surface area contributed by atoms with Gasteiger partial charge >= 0.3 is 0 Å². The van der Waals surface area contributed by atoms with Gasteiger partial charge in [0.2, 0.25) is 0 Å². The van der Waals surface area contributed by atoms with Gasteiger partial charge in [-0.2, -0.15) is 0 Å². The summed E-state index contributed by atoms with van der Waals surface area (Å²) in [6.45, 7) is 2.45. The molecular weight excluding hydrogens is 360 g/mol. The highest BCUT2D eigenvalue weighted by Gasteiger charge is 2.56. The molecule has 2 aromatic carbocycles. The van der Waals surface area contributed by atoms with Crippen molar-refractivity contribution in [3.8, 4) is 11.5 Å². The van der Waals surface area contributed by atoms with Gasteiger partial charge in [-0.25, -0.2) is 0 Å². The monoisotopic (exact) mass is 392 g/mol. The fourth-order valence-electron chi connectivity index (χ4n) is 6.97. The number of ether oxygens (including phenoxy) is 2. The van der Waals surface area contributed by atoms with Gasteiger partial charge in [-0.3, -0.25) is 0 Å². The first kappa shape index (κ1) is 19.0. The molecular formula is C26H32O3. The molecule has 1 N–H and O–H groups in total. The van der Waals surface area contributed by atoms with Crippen LogP contribution in [-0.4, -0.2) is 19.3 Å². The first-order valence-electron chi connectivity index (χ1n) is 11.0. The zero-order chi connectivity index (χ0) is 20.2. The van der Waals surface area contributed by atoms with Crippen LogP contribution in [-0.2, 0) is 5.41 Å². The summed E-state index contributed by atoms with van der Waals surface area (Å²) in [5.74, 6) is 4.80. The van der Waals surface area contributed by atoms with Gasteiger partial charge in [0.1, 0.15) is 6.10 Å².